The fraction of sp³-hybridized carbons (Fsp3) is 0.667. The summed E-state index contributed by atoms with van der Waals surface area (Å²) in [7, 11) is 0. The number of hydrogen-bond donors (Lipinski definition) is 3. The summed E-state index contributed by atoms with van der Waals surface area (Å²) in [6, 6.07) is 2.08. The minimum Gasteiger partial charge on any atom is -0.481 e. The molecule has 1 aromatic rings. The minimum absolute atomic E-state index is 0.0226. The molecule has 0 aromatic carbocycles. The van der Waals surface area contributed by atoms with Gasteiger partial charge in [0.2, 0.25) is 11.9 Å². The molecule has 1 aromatic heterocycles. The zero-order chi connectivity index (χ0) is 24.2. The number of likely N-dealkylation sites (tertiary alicyclic amines) is 1. The molecule has 1 saturated heterocycles. The summed E-state index contributed by atoms with van der Waals surface area (Å²) in [5.41, 5.74) is -0.681. The van der Waals surface area contributed by atoms with E-state index in [4.69, 9.17) is 9.90 Å². The van der Waals surface area contributed by atoms with Crippen LogP contribution in [0.15, 0.2) is 18.5 Å². The summed E-state index contributed by atoms with van der Waals surface area (Å²) in [6.07, 6.45) is 4.47. The molecule has 0 unspecified atom stereocenters. The minimum atomic E-state index is -5.08. The van der Waals surface area contributed by atoms with Crippen LogP contribution in [0.1, 0.15) is 44.9 Å². The number of carbonyl (C=O) groups is 3. The quantitative estimate of drug-likeness (QED) is 0.609. The predicted octanol–water partition coefficient (Wildman–Crippen LogP) is 2.79. The van der Waals surface area contributed by atoms with Gasteiger partial charge in [0.05, 0.1) is 5.41 Å². The normalized spacial score (nSPS) is 28.9. The summed E-state index contributed by atoms with van der Waals surface area (Å²) in [6.45, 7) is 1.03. The number of fused-ring (bicyclic) bond motifs is 1. The molecule has 1 amide bonds. The molecule has 12 heteroatoms. The number of hydrogen-bond acceptors (Lipinski definition) is 6. The molecule has 33 heavy (non-hydrogen) atoms. The molecule has 2 aliphatic carbocycles. The molecular formula is C21H27F3N4O5. The van der Waals surface area contributed by atoms with E-state index in [2.05, 4.69) is 15.3 Å². The smallest absolute Gasteiger partial charge is 0.481 e. The van der Waals surface area contributed by atoms with Crippen molar-refractivity contribution in [3.63, 3.8) is 0 Å². The summed E-state index contributed by atoms with van der Waals surface area (Å²) in [4.78, 5) is 43.9. The van der Waals surface area contributed by atoms with Gasteiger partial charge in [-0.3, -0.25) is 9.59 Å². The first-order valence-electron chi connectivity index (χ1n) is 10.9. The van der Waals surface area contributed by atoms with Crippen molar-refractivity contribution in [2.45, 2.75) is 57.2 Å². The summed E-state index contributed by atoms with van der Waals surface area (Å²) >= 11 is 0. The Kier molecular flexibility index (Phi) is 7.43. The summed E-state index contributed by atoms with van der Waals surface area (Å²) < 4.78 is 31.7. The number of rotatable bonds is 4. The second kappa shape index (κ2) is 9.92. The maximum atomic E-state index is 12.9. The van der Waals surface area contributed by atoms with Gasteiger partial charge in [0.1, 0.15) is 0 Å². The Morgan fingerprint density at radius 1 is 1.06 bits per heavy atom. The Labute approximate surface area is 188 Å². The summed E-state index contributed by atoms with van der Waals surface area (Å²) in [5, 5.41) is 20.2. The van der Waals surface area contributed by atoms with Gasteiger partial charge in [0, 0.05) is 37.4 Å². The highest BCUT2D eigenvalue weighted by molar-refractivity contribution is 5.83. The van der Waals surface area contributed by atoms with Gasteiger partial charge < -0.3 is 20.4 Å². The molecule has 3 aliphatic rings. The number of nitrogens with zero attached hydrogens (tertiary/aromatic N) is 3. The van der Waals surface area contributed by atoms with Crippen LogP contribution in [-0.2, 0) is 14.4 Å². The van der Waals surface area contributed by atoms with E-state index in [1.807, 2.05) is 4.90 Å². The number of aliphatic carboxylic acids is 2. The van der Waals surface area contributed by atoms with Crippen LogP contribution in [0.25, 0.3) is 0 Å². The third-order valence-corrected chi connectivity index (χ3v) is 6.83. The van der Waals surface area contributed by atoms with E-state index in [0.717, 1.165) is 38.5 Å². The lowest BCUT2D eigenvalue weighted by atomic mass is 9.81. The van der Waals surface area contributed by atoms with Crippen molar-refractivity contribution in [3.05, 3.63) is 18.5 Å². The lowest BCUT2D eigenvalue weighted by Crippen LogP contribution is -2.41. The standard InChI is InChI=1S/C19H26N4O3.C2HF3O2/c24-16(23-11-14-3-1-8-19(14,12-23)17(25)26)13-4-6-15(7-5-13)22-18-20-9-2-10-21-18;3-2(4,5)1(6)7/h2,9-10,13-15H,1,3-8,11-12H2,(H,25,26)(H,20,21,22);(H,6,7)/t13?,14-,15?,19-;/m0./s1. The van der Waals surface area contributed by atoms with Gasteiger partial charge in [-0.15, -0.1) is 0 Å². The lowest BCUT2D eigenvalue weighted by Gasteiger charge is -2.31. The topological polar surface area (TPSA) is 133 Å². The first-order chi connectivity index (χ1) is 15.5. The predicted molar refractivity (Wildman–Crippen MR) is 109 cm³/mol. The first kappa shape index (κ1) is 24.7. The van der Waals surface area contributed by atoms with Crippen LogP contribution in [0.3, 0.4) is 0 Å². The van der Waals surface area contributed by atoms with Crippen LogP contribution in [0, 0.1) is 17.3 Å². The lowest BCUT2D eigenvalue weighted by molar-refractivity contribution is -0.192. The molecule has 3 N–H and O–H groups in total. The van der Waals surface area contributed by atoms with Crippen molar-refractivity contribution in [2.75, 3.05) is 18.4 Å². The van der Waals surface area contributed by atoms with E-state index < -0.39 is 23.5 Å². The molecule has 0 radical (unpaired) electrons. The maximum Gasteiger partial charge on any atom is 0.490 e. The zero-order valence-corrected chi connectivity index (χ0v) is 17.9. The van der Waals surface area contributed by atoms with E-state index in [-0.39, 0.29) is 17.7 Å². The highest BCUT2D eigenvalue weighted by Crippen LogP contribution is 2.49. The van der Waals surface area contributed by atoms with Crippen molar-refractivity contribution < 1.29 is 37.8 Å². The number of carboxylic acids is 2. The van der Waals surface area contributed by atoms with E-state index in [0.29, 0.717) is 31.5 Å². The number of anilines is 1. The van der Waals surface area contributed by atoms with Crippen molar-refractivity contribution >= 4 is 23.8 Å². The molecule has 182 valence electrons. The van der Waals surface area contributed by atoms with E-state index in [1.165, 1.54) is 0 Å². The highest BCUT2D eigenvalue weighted by Gasteiger charge is 2.56. The average Bonchev–Trinajstić information content (AvgIpc) is 3.33. The SMILES string of the molecule is O=C(C1CCC(Nc2ncccn2)CC1)N1C[C@@H]2CCC[C@]2(C(=O)O)C1.O=C(O)C(F)(F)F. The molecule has 4 rings (SSSR count). The average molecular weight is 472 g/mol. The van der Waals surface area contributed by atoms with Crippen LogP contribution in [0.2, 0.25) is 0 Å². The molecule has 0 bridgehead atoms. The second-order valence-electron chi connectivity index (χ2n) is 8.84. The fourth-order valence-corrected chi connectivity index (χ4v) is 5.11. The van der Waals surface area contributed by atoms with E-state index >= 15 is 0 Å². The third kappa shape index (κ3) is 5.72. The van der Waals surface area contributed by atoms with Gasteiger partial charge in [-0.05, 0) is 50.5 Å². The Morgan fingerprint density at radius 2 is 1.67 bits per heavy atom. The second-order valence-corrected chi connectivity index (χ2v) is 8.84. The van der Waals surface area contributed by atoms with Gasteiger partial charge in [-0.1, -0.05) is 6.42 Å². The van der Waals surface area contributed by atoms with Crippen LogP contribution >= 0.6 is 0 Å². The zero-order valence-electron chi connectivity index (χ0n) is 17.9. The fourth-order valence-electron chi connectivity index (χ4n) is 5.11. The van der Waals surface area contributed by atoms with Crippen LogP contribution in [0.4, 0.5) is 19.1 Å². The molecule has 2 heterocycles. The van der Waals surface area contributed by atoms with Crippen molar-refractivity contribution in [2.24, 2.45) is 17.3 Å². The number of halogens is 3. The first-order valence-corrected chi connectivity index (χ1v) is 10.9. The number of carboxylic acid groups (broad SMARTS) is 2. The molecule has 9 nitrogen and oxygen atoms in total. The van der Waals surface area contributed by atoms with Crippen LogP contribution in [0.5, 0.6) is 0 Å². The number of amides is 1. The molecule has 2 atom stereocenters. The van der Waals surface area contributed by atoms with E-state index in [1.54, 1.807) is 18.5 Å². The van der Waals surface area contributed by atoms with Gasteiger partial charge in [0.15, 0.2) is 0 Å². The number of carbonyl (C=O) groups excluding carboxylic acids is 1. The van der Waals surface area contributed by atoms with Gasteiger partial charge in [0.25, 0.3) is 0 Å². The maximum absolute atomic E-state index is 12.9. The molecule has 1 aliphatic heterocycles. The molecule has 2 saturated carbocycles. The summed E-state index contributed by atoms with van der Waals surface area (Å²) in [5.74, 6) is -2.52. The molecule has 0 spiro atoms. The largest absolute Gasteiger partial charge is 0.490 e. The van der Waals surface area contributed by atoms with Gasteiger partial charge in [-0.25, -0.2) is 14.8 Å². The van der Waals surface area contributed by atoms with E-state index in [9.17, 15) is 27.9 Å². The Bertz CT molecular complexity index is 861. The Morgan fingerprint density at radius 3 is 2.18 bits per heavy atom. The molecule has 3 fully saturated rings. The van der Waals surface area contributed by atoms with Crippen molar-refractivity contribution in [1.82, 2.24) is 14.9 Å². The number of alkyl halides is 3. The van der Waals surface area contributed by atoms with Crippen molar-refractivity contribution in [3.8, 4) is 0 Å². The number of aromatic nitrogens is 2. The van der Waals surface area contributed by atoms with Crippen molar-refractivity contribution in [1.29, 1.82) is 0 Å². The Hall–Kier alpha value is -2.92. The molecular weight excluding hydrogens is 445 g/mol. The van der Waals surface area contributed by atoms with Crippen LogP contribution in [-0.4, -0.2) is 68.2 Å². The van der Waals surface area contributed by atoms with Gasteiger partial charge in [-0.2, -0.15) is 13.2 Å². The third-order valence-electron chi connectivity index (χ3n) is 6.83. The van der Waals surface area contributed by atoms with Crippen LogP contribution < -0.4 is 5.32 Å². The monoisotopic (exact) mass is 472 g/mol. The Balaban J connectivity index is 0.000000383. The van der Waals surface area contributed by atoms with Gasteiger partial charge >= 0.3 is 18.1 Å². The number of nitrogens with one attached hydrogen (secondary N) is 1. The highest BCUT2D eigenvalue weighted by atomic mass is 19.4.